The van der Waals surface area contributed by atoms with Crippen LogP contribution in [-0.4, -0.2) is 59.7 Å². The highest BCUT2D eigenvalue weighted by molar-refractivity contribution is 5.96. The zero-order valence-electron chi connectivity index (χ0n) is 20.2. The maximum atomic E-state index is 13.9. The number of amides is 1. The summed E-state index contributed by atoms with van der Waals surface area (Å²) >= 11 is 0. The minimum atomic E-state index is -0.314. The Hall–Kier alpha value is -3.71. The molecule has 1 fully saturated rings. The van der Waals surface area contributed by atoms with E-state index in [2.05, 4.69) is 28.2 Å². The van der Waals surface area contributed by atoms with E-state index in [-0.39, 0.29) is 17.8 Å². The first-order valence-electron chi connectivity index (χ1n) is 11.9. The van der Waals surface area contributed by atoms with Crippen LogP contribution < -0.4 is 4.74 Å². The minimum Gasteiger partial charge on any atom is -0.493 e. The summed E-state index contributed by atoms with van der Waals surface area (Å²) in [6, 6.07) is 17.8. The molecule has 0 spiro atoms. The number of H-pyrrole nitrogens is 1. The second-order valence-corrected chi connectivity index (χ2v) is 9.18. The Labute approximate surface area is 204 Å². The van der Waals surface area contributed by atoms with Gasteiger partial charge in [0.2, 0.25) is 0 Å². The number of ether oxygens (including phenoxy) is 1. The number of halogens is 1. The van der Waals surface area contributed by atoms with Crippen molar-refractivity contribution >= 4 is 16.8 Å². The summed E-state index contributed by atoms with van der Waals surface area (Å²) < 4.78 is 19.7. The van der Waals surface area contributed by atoms with Crippen molar-refractivity contribution in [2.75, 3.05) is 33.8 Å². The molecule has 1 N–H and O–H groups in total. The number of aromatic nitrogens is 2. The fourth-order valence-electron chi connectivity index (χ4n) is 5.12. The Balaban J connectivity index is 1.51. The second kappa shape index (κ2) is 9.50. The van der Waals surface area contributed by atoms with Crippen LogP contribution in [0, 0.1) is 11.7 Å². The average molecular weight is 473 g/mol. The molecule has 180 valence electrons. The number of carbonyl (C=O) groups is 1. The molecular formula is C28H29FN4O2. The van der Waals surface area contributed by atoms with Crippen LogP contribution in [0.5, 0.6) is 5.75 Å². The maximum absolute atomic E-state index is 13.9. The summed E-state index contributed by atoms with van der Waals surface area (Å²) in [7, 11) is 3.95. The predicted octanol–water partition coefficient (Wildman–Crippen LogP) is 5.14. The van der Waals surface area contributed by atoms with Gasteiger partial charge in [-0.05, 0) is 49.9 Å². The SMILES string of the molecule is CCOc1cc(C(=O)N(C)C(c2cccc3cn[nH]c23)C2CN(C)C2)ccc1-c1cccc(F)c1. The van der Waals surface area contributed by atoms with E-state index < -0.39 is 0 Å². The quantitative estimate of drug-likeness (QED) is 0.405. The molecular weight excluding hydrogens is 443 g/mol. The maximum Gasteiger partial charge on any atom is 0.254 e. The first-order chi connectivity index (χ1) is 17.0. The Morgan fingerprint density at radius 1 is 1.20 bits per heavy atom. The third kappa shape index (κ3) is 4.39. The lowest BCUT2D eigenvalue weighted by atomic mass is 9.85. The Bertz CT molecular complexity index is 1360. The number of carbonyl (C=O) groups excluding carboxylic acids is 1. The molecule has 1 saturated heterocycles. The number of likely N-dealkylation sites (tertiary alicyclic amines) is 1. The van der Waals surface area contributed by atoms with Gasteiger partial charge in [0.25, 0.3) is 5.91 Å². The van der Waals surface area contributed by atoms with Crippen LogP contribution >= 0.6 is 0 Å². The van der Waals surface area contributed by atoms with Crippen molar-refractivity contribution in [1.29, 1.82) is 0 Å². The molecule has 3 aromatic carbocycles. The lowest BCUT2D eigenvalue weighted by Crippen LogP contribution is -2.51. The lowest BCUT2D eigenvalue weighted by Gasteiger charge is -2.45. The van der Waals surface area contributed by atoms with Crippen molar-refractivity contribution in [2.24, 2.45) is 5.92 Å². The van der Waals surface area contributed by atoms with Crippen molar-refractivity contribution in [1.82, 2.24) is 20.0 Å². The van der Waals surface area contributed by atoms with Gasteiger partial charge in [-0.2, -0.15) is 5.10 Å². The van der Waals surface area contributed by atoms with Crippen LogP contribution in [0.25, 0.3) is 22.0 Å². The van der Waals surface area contributed by atoms with Crippen molar-refractivity contribution < 1.29 is 13.9 Å². The van der Waals surface area contributed by atoms with E-state index >= 15 is 0 Å². The largest absolute Gasteiger partial charge is 0.493 e. The van der Waals surface area contributed by atoms with E-state index in [1.54, 1.807) is 18.2 Å². The number of para-hydroxylation sites is 1. The van der Waals surface area contributed by atoms with Gasteiger partial charge >= 0.3 is 0 Å². The molecule has 1 unspecified atom stereocenters. The number of hydrogen-bond donors (Lipinski definition) is 1. The van der Waals surface area contributed by atoms with E-state index in [1.807, 2.05) is 49.3 Å². The van der Waals surface area contributed by atoms with Crippen LogP contribution in [0.4, 0.5) is 4.39 Å². The minimum absolute atomic E-state index is 0.0900. The molecule has 0 aliphatic carbocycles. The number of aromatic amines is 1. The van der Waals surface area contributed by atoms with Crippen LogP contribution in [0.15, 0.2) is 66.9 Å². The highest BCUT2D eigenvalue weighted by Gasteiger charge is 2.38. The normalized spacial score (nSPS) is 15.1. The number of fused-ring (bicyclic) bond motifs is 1. The van der Waals surface area contributed by atoms with E-state index in [4.69, 9.17) is 4.74 Å². The predicted molar refractivity (Wildman–Crippen MR) is 135 cm³/mol. The number of nitrogens with one attached hydrogen (secondary N) is 1. The molecule has 2 heterocycles. The molecule has 0 saturated carbocycles. The van der Waals surface area contributed by atoms with Gasteiger partial charge in [-0.3, -0.25) is 9.89 Å². The van der Waals surface area contributed by atoms with E-state index in [0.29, 0.717) is 29.4 Å². The average Bonchev–Trinajstić information content (AvgIpc) is 3.32. The summed E-state index contributed by atoms with van der Waals surface area (Å²) in [5.74, 6) is 0.465. The van der Waals surface area contributed by atoms with Crippen LogP contribution in [0.2, 0.25) is 0 Å². The van der Waals surface area contributed by atoms with Gasteiger partial charge in [0.15, 0.2) is 0 Å². The summed E-state index contributed by atoms with van der Waals surface area (Å²) in [6.07, 6.45) is 1.81. The summed E-state index contributed by atoms with van der Waals surface area (Å²) in [6.45, 7) is 4.16. The molecule has 35 heavy (non-hydrogen) atoms. The molecule has 0 bridgehead atoms. The van der Waals surface area contributed by atoms with Crippen molar-refractivity contribution in [3.05, 3.63) is 83.8 Å². The smallest absolute Gasteiger partial charge is 0.254 e. The third-order valence-corrected chi connectivity index (χ3v) is 6.77. The Morgan fingerprint density at radius 3 is 2.74 bits per heavy atom. The van der Waals surface area contributed by atoms with Gasteiger partial charge in [-0.1, -0.05) is 30.3 Å². The Kier molecular flexibility index (Phi) is 6.26. The molecule has 1 aliphatic rings. The van der Waals surface area contributed by atoms with Crippen molar-refractivity contribution in [3.8, 4) is 16.9 Å². The van der Waals surface area contributed by atoms with Crippen LogP contribution in [0.3, 0.4) is 0 Å². The Morgan fingerprint density at radius 2 is 2.00 bits per heavy atom. The van der Waals surface area contributed by atoms with Gasteiger partial charge in [-0.25, -0.2) is 4.39 Å². The van der Waals surface area contributed by atoms with Gasteiger partial charge in [-0.15, -0.1) is 0 Å². The van der Waals surface area contributed by atoms with E-state index in [0.717, 1.165) is 35.1 Å². The van der Waals surface area contributed by atoms with E-state index in [9.17, 15) is 9.18 Å². The molecule has 1 aromatic heterocycles. The third-order valence-electron chi connectivity index (χ3n) is 6.77. The summed E-state index contributed by atoms with van der Waals surface area (Å²) in [5, 5.41) is 8.37. The molecule has 1 aliphatic heterocycles. The zero-order valence-corrected chi connectivity index (χ0v) is 20.2. The van der Waals surface area contributed by atoms with Crippen LogP contribution in [-0.2, 0) is 0 Å². The molecule has 7 heteroatoms. The molecule has 4 aromatic rings. The number of benzene rings is 3. The number of nitrogens with zero attached hydrogens (tertiary/aromatic N) is 3. The van der Waals surface area contributed by atoms with Gasteiger partial charge < -0.3 is 14.5 Å². The van der Waals surface area contributed by atoms with Crippen molar-refractivity contribution in [3.63, 3.8) is 0 Å². The highest BCUT2D eigenvalue weighted by Crippen LogP contribution is 2.38. The van der Waals surface area contributed by atoms with Gasteiger partial charge in [0, 0.05) is 48.1 Å². The number of rotatable bonds is 7. The lowest BCUT2D eigenvalue weighted by molar-refractivity contribution is 0.0374. The topological polar surface area (TPSA) is 61.5 Å². The van der Waals surface area contributed by atoms with Crippen LogP contribution in [0.1, 0.15) is 28.9 Å². The van der Waals surface area contributed by atoms with Gasteiger partial charge in [0.05, 0.1) is 24.4 Å². The van der Waals surface area contributed by atoms with E-state index in [1.165, 1.54) is 12.1 Å². The molecule has 6 nitrogen and oxygen atoms in total. The monoisotopic (exact) mass is 472 g/mol. The zero-order chi connectivity index (χ0) is 24.5. The van der Waals surface area contributed by atoms with Crippen molar-refractivity contribution in [2.45, 2.75) is 13.0 Å². The summed E-state index contributed by atoms with van der Waals surface area (Å²) in [4.78, 5) is 17.9. The van der Waals surface area contributed by atoms with Gasteiger partial charge in [0.1, 0.15) is 11.6 Å². The molecule has 1 atom stereocenters. The fraction of sp³-hybridized carbons (Fsp3) is 0.286. The standard InChI is InChI=1S/C28H29FN4O2/c1-4-35-25-14-19(11-12-23(25)18-7-5-9-22(29)13-18)28(34)33(3)27(21-16-32(2)17-21)24-10-6-8-20-15-30-31-26(20)24/h5-15,21,27H,4,16-17H2,1-3H3,(H,30,31). The second-order valence-electron chi connectivity index (χ2n) is 9.18. The first kappa shape index (κ1) is 23.1. The highest BCUT2D eigenvalue weighted by atomic mass is 19.1. The molecule has 5 rings (SSSR count). The summed E-state index contributed by atoms with van der Waals surface area (Å²) in [5.41, 5.74) is 4.02. The first-order valence-corrected chi connectivity index (χ1v) is 11.9. The fourth-order valence-corrected chi connectivity index (χ4v) is 5.12. The number of hydrogen-bond acceptors (Lipinski definition) is 4. The molecule has 1 amide bonds. The molecule has 0 radical (unpaired) electrons.